The Morgan fingerprint density at radius 2 is 1.28 bits per heavy atom. The summed E-state index contributed by atoms with van der Waals surface area (Å²) in [7, 11) is 0. The molecule has 5 amide bonds. The Morgan fingerprint density at radius 1 is 0.667 bits per heavy atom. The summed E-state index contributed by atoms with van der Waals surface area (Å²) in [5.41, 5.74) is 16.0. The van der Waals surface area contributed by atoms with Gasteiger partial charge in [-0.05, 0) is 96.7 Å². The number of carbonyl (C=O) groups is 5. The minimum atomic E-state index is -1.74. The number of hydrogen-bond donors (Lipinski definition) is 10. The minimum absolute atomic E-state index is 0.00721. The van der Waals surface area contributed by atoms with Gasteiger partial charge in [-0.15, -0.1) is 0 Å². The summed E-state index contributed by atoms with van der Waals surface area (Å²) in [6, 6.07) is 20.7. The second kappa shape index (κ2) is 28.9. The number of hydrogen-bond acceptors (Lipinski definition) is 12. The zero-order valence-corrected chi connectivity index (χ0v) is 41.9. The molecule has 5 rings (SSSR count). The Hall–Kier alpha value is -5.95. The molecular weight excluding hydrogens is 921 g/mol. The number of ether oxygens (including phenoxy) is 2. The van der Waals surface area contributed by atoms with E-state index in [1.54, 1.807) is 50.2 Å². The summed E-state index contributed by atoms with van der Waals surface area (Å²) in [6.07, 6.45) is 1.42. The number of nitrogens with one attached hydrogen (secondary N) is 4. The third kappa shape index (κ3) is 17.1. The molecule has 0 aliphatic carbocycles. The summed E-state index contributed by atoms with van der Waals surface area (Å²) in [6.45, 7) is 6.03. The van der Waals surface area contributed by atoms with Gasteiger partial charge in [-0.2, -0.15) is 0 Å². The SMILES string of the molecule is CCCCCCCCCCO[C@@H]1O[C@H](C(=O)NCCCC[C@@H](NC(=O)[C@@H](N)Cc2c(C)cc(O)cc2C)C(=O)N[C@@H](Cc2cccc3ccccc23)C(=O)N[C@@H](Cc2ccccc2)C(N)=O)[C@@H](O)[C@H](O)[C@H]1O. The van der Waals surface area contributed by atoms with Gasteiger partial charge in [0.25, 0.3) is 5.91 Å². The number of fused-ring (bicyclic) bond motifs is 1. The van der Waals surface area contributed by atoms with E-state index in [0.29, 0.717) is 6.42 Å². The van der Waals surface area contributed by atoms with Gasteiger partial charge in [0.15, 0.2) is 12.4 Å². The van der Waals surface area contributed by atoms with Crippen LogP contribution in [0.15, 0.2) is 84.9 Å². The van der Waals surface area contributed by atoms with E-state index in [4.69, 9.17) is 20.9 Å². The van der Waals surface area contributed by atoms with Crippen LogP contribution in [0.25, 0.3) is 10.8 Å². The first kappa shape index (κ1) is 57.0. The second-order valence-corrected chi connectivity index (χ2v) is 19.0. The monoisotopic (exact) mass is 997 g/mol. The summed E-state index contributed by atoms with van der Waals surface area (Å²) in [4.78, 5) is 68.8. The van der Waals surface area contributed by atoms with Crippen LogP contribution in [0.3, 0.4) is 0 Å². The number of primary amides is 1. The Morgan fingerprint density at radius 3 is 1.97 bits per heavy atom. The molecule has 9 atom stereocenters. The number of aryl methyl sites for hydroxylation is 2. The lowest BCUT2D eigenvalue weighted by molar-refractivity contribution is -0.290. The molecule has 0 bridgehead atoms. The Balaban J connectivity index is 1.28. The molecule has 17 heteroatoms. The van der Waals surface area contributed by atoms with E-state index in [1.807, 2.05) is 48.5 Å². The first-order chi connectivity index (χ1) is 34.6. The van der Waals surface area contributed by atoms with Gasteiger partial charge in [-0.3, -0.25) is 24.0 Å². The van der Waals surface area contributed by atoms with Crippen molar-refractivity contribution < 1.29 is 53.9 Å². The molecule has 1 fully saturated rings. The third-order valence-electron chi connectivity index (χ3n) is 13.3. The number of rotatable bonds is 29. The van der Waals surface area contributed by atoms with Gasteiger partial charge in [0.2, 0.25) is 23.6 Å². The molecule has 392 valence electrons. The van der Waals surface area contributed by atoms with E-state index in [-0.39, 0.29) is 57.4 Å². The van der Waals surface area contributed by atoms with Crippen molar-refractivity contribution in [1.82, 2.24) is 21.3 Å². The average Bonchev–Trinajstić information content (AvgIpc) is 3.35. The van der Waals surface area contributed by atoms with E-state index in [1.165, 1.54) is 25.7 Å². The quantitative estimate of drug-likeness (QED) is 0.0349. The third-order valence-corrected chi connectivity index (χ3v) is 13.3. The standard InChI is InChI=1S/C55H76N6O11/c1-4-5-6-7-8-9-10-18-28-71-55-48(65)46(63)47(64)49(72-55)54(70)58-27-17-16-26-43(59-51(67)42(56)33-41-34(2)29-39(62)30-35(41)3)52(68)61-45(32-38-24-19-23-37-22-14-15-25-40(37)38)53(69)60-44(50(57)66)31-36-20-12-11-13-21-36/h11-15,19-25,29-30,42-49,55,62-65H,4-10,16-18,26-28,31-33,56H2,1-3H3,(H2,57,66)(H,58,70)(H,59,67)(H,60,69)(H,61,68)/t42-,43+,44-,45-,46-,47-,48+,49-,55+/m0/s1. The van der Waals surface area contributed by atoms with Crippen molar-refractivity contribution in [2.75, 3.05) is 13.2 Å². The van der Waals surface area contributed by atoms with Crippen molar-refractivity contribution in [2.24, 2.45) is 11.5 Å². The highest BCUT2D eigenvalue weighted by molar-refractivity contribution is 5.95. The summed E-state index contributed by atoms with van der Waals surface area (Å²) in [5.74, 6) is -3.47. The van der Waals surface area contributed by atoms with Crippen molar-refractivity contribution in [3.05, 3.63) is 113 Å². The van der Waals surface area contributed by atoms with Crippen LogP contribution in [0.4, 0.5) is 0 Å². The first-order valence-electron chi connectivity index (χ1n) is 25.4. The van der Waals surface area contributed by atoms with Crippen LogP contribution >= 0.6 is 0 Å². The van der Waals surface area contributed by atoms with E-state index < -0.39 is 84.4 Å². The lowest BCUT2D eigenvalue weighted by atomic mass is 9.95. The molecule has 0 unspecified atom stereocenters. The fraction of sp³-hybridized carbons (Fsp3) is 0.509. The van der Waals surface area contributed by atoms with Crippen LogP contribution in [0, 0.1) is 13.8 Å². The van der Waals surface area contributed by atoms with Crippen LogP contribution in [0.1, 0.15) is 105 Å². The Kier molecular flexibility index (Phi) is 22.9. The fourth-order valence-electron chi connectivity index (χ4n) is 9.09. The van der Waals surface area contributed by atoms with Crippen LogP contribution in [0.2, 0.25) is 0 Å². The number of phenolic OH excluding ortho intramolecular Hbond substituents is 1. The number of aliphatic hydroxyl groups is 3. The van der Waals surface area contributed by atoms with E-state index in [2.05, 4.69) is 28.2 Å². The largest absolute Gasteiger partial charge is 0.508 e. The molecular formula is C55H76N6O11. The predicted molar refractivity (Wildman–Crippen MR) is 274 cm³/mol. The number of carbonyl (C=O) groups excluding carboxylic acids is 5. The Bertz CT molecular complexity index is 2360. The summed E-state index contributed by atoms with van der Waals surface area (Å²) >= 11 is 0. The van der Waals surface area contributed by atoms with Gasteiger partial charge in [0.05, 0.1) is 6.04 Å². The molecule has 1 aliphatic rings. The molecule has 1 aliphatic heterocycles. The van der Waals surface area contributed by atoms with Crippen molar-refractivity contribution in [1.29, 1.82) is 0 Å². The molecule has 72 heavy (non-hydrogen) atoms. The normalized spacial score (nSPS) is 19.4. The molecule has 1 saturated heterocycles. The van der Waals surface area contributed by atoms with Crippen molar-refractivity contribution >= 4 is 40.3 Å². The zero-order valence-electron chi connectivity index (χ0n) is 41.9. The first-order valence-corrected chi connectivity index (χ1v) is 25.4. The number of unbranched alkanes of at least 4 members (excludes halogenated alkanes) is 8. The molecule has 1 heterocycles. The maximum atomic E-state index is 14.5. The van der Waals surface area contributed by atoms with Crippen LogP contribution in [-0.4, -0.2) is 118 Å². The topological polar surface area (TPSA) is 285 Å². The Labute approximate surface area is 422 Å². The number of benzene rings is 4. The molecule has 0 spiro atoms. The average molecular weight is 997 g/mol. The van der Waals surface area contributed by atoms with Crippen molar-refractivity contribution in [3.63, 3.8) is 0 Å². The van der Waals surface area contributed by atoms with E-state index >= 15 is 0 Å². The van der Waals surface area contributed by atoms with Crippen molar-refractivity contribution in [2.45, 2.75) is 166 Å². The predicted octanol–water partition coefficient (Wildman–Crippen LogP) is 3.71. The smallest absolute Gasteiger partial charge is 0.252 e. The number of phenols is 1. The maximum absolute atomic E-state index is 14.5. The number of aliphatic hydroxyl groups excluding tert-OH is 3. The second-order valence-electron chi connectivity index (χ2n) is 19.0. The highest BCUT2D eigenvalue weighted by Gasteiger charge is 2.47. The fourth-order valence-corrected chi connectivity index (χ4v) is 9.09. The molecule has 4 aromatic carbocycles. The van der Waals surface area contributed by atoms with Gasteiger partial charge in [0, 0.05) is 26.0 Å². The highest BCUT2D eigenvalue weighted by Crippen LogP contribution is 2.25. The molecule has 0 saturated carbocycles. The van der Waals surface area contributed by atoms with Gasteiger partial charge < -0.3 is 62.6 Å². The van der Waals surface area contributed by atoms with Gasteiger partial charge in [-0.1, -0.05) is 125 Å². The molecule has 12 N–H and O–H groups in total. The van der Waals surface area contributed by atoms with Gasteiger partial charge in [0.1, 0.15) is 42.2 Å². The minimum Gasteiger partial charge on any atom is -0.508 e. The van der Waals surface area contributed by atoms with Gasteiger partial charge >= 0.3 is 0 Å². The number of nitrogens with two attached hydrogens (primary N) is 2. The van der Waals surface area contributed by atoms with Gasteiger partial charge in [-0.25, -0.2) is 0 Å². The number of aromatic hydroxyl groups is 1. The van der Waals surface area contributed by atoms with Crippen LogP contribution in [0.5, 0.6) is 5.75 Å². The molecule has 17 nitrogen and oxygen atoms in total. The highest BCUT2D eigenvalue weighted by atomic mass is 16.7. The summed E-state index contributed by atoms with van der Waals surface area (Å²) in [5, 5.41) is 54.8. The zero-order chi connectivity index (χ0) is 52.2. The van der Waals surface area contributed by atoms with Crippen LogP contribution in [-0.2, 0) is 52.7 Å². The lowest BCUT2D eigenvalue weighted by Crippen LogP contribution is -2.62. The van der Waals surface area contributed by atoms with E-state index in [0.717, 1.165) is 57.9 Å². The van der Waals surface area contributed by atoms with E-state index in [9.17, 15) is 44.4 Å². The van der Waals surface area contributed by atoms with Crippen LogP contribution < -0.4 is 32.7 Å². The lowest BCUT2D eigenvalue weighted by Gasteiger charge is -2.39. The summed E-state index contributed by atoms with van der Waals surface area (Å²) < 4.78 is 11.4. The maximum Gasteiger partial charge on any atom is 0.252 e. The molecule has 0 aromatic heterocycles. The molecule has 0 radical (unpaired) electrons. The number of amides is 5. The van der Waals surface area contributed by atoms with Crippen molar-refractivity contribution in [3.8, 4) is 5.75 Å². The molecule has 4 aromatic rings.